The molecule has 4 nitrogen and oxygen atoms in total. The van der Waals surface area contributed by atoms with Crippen LogP contribution in [0.25, 0.3) is 10.8 Å². The summed E-state index contributed by atoms with van der Waals surface area (Å²) in [6.07, 6.45) is 4.75. The highest BCUT2D eigenvalue weighted by atomic mass is 16.2. The second-order valence-electron chi connectivity index (χ2n) is 6.99. The number of nitrogens with zero attached hydrogens (tertiary/aromatic N) is 1. The molecule has 0 radical (unpaired) electrons. The van der Waals surface area contributed by atoms with Gasteiger partial charge in [-0.1, -0.05) is 55.3 Å². The van der Waals surface area contributed by atoms with Gasteiger partial charge in [-0.2, -0.15) is 0 Å². The molecule has 1 aliphatic rings. The summed E-state index contributed by atoms with van der Waals surface area (Å²) in [5, 5.41) is 5.29. The van der Waals surface area contributed by atoms with Gasteiger partial charge in [-0.05, 0) is 36.1 Å². The fourth-order valence-electron chi connectivity index (χ4n) is 3.52. The molecule has 1 N–H and O–H groups in total. The Morgan fingerprint density at radius 2 is 1.80 bits per heavy atom. The maximum Gasteiger partial charge on any atom is 0.242 e. The summed E-state index contributed by atoms with van der Waals surface area (Å²) in [5.41, 5.74) is 0.998. The van der Waals surface area contributed by atoms with Gasteiger partial charge in [0.05, 0.1) is 6.42 Å². The van der Waals surface area contributed by atoms with E-state index in [9.17, 15) is 9.59 Å². The summed E-state index contributed by atoms with van der Waals surface area (Å²) < 4.78 is 0. The highest BCUT2D eigenvalue weighted by Gasteiger charge is 2.25. The summed E-state index contributed by atoms with van der Waals surface area (Å²) in [7, 11) is 1.71. The minimum atomic E-state index is -0.455. The number of benzene rings is 2. The largest absolute Gasteiger partial charge is 0.352 e. The van der Waals surface area contributed by atoms with Crippen molar-refractivity contribution in [3.63, 3.8) is 0 Å². The van der Waals surface area contributed by atoms with Gasteiger partial charge >= 0.3 is 0 Å². The molecule has 1 saturated carbocycles. The normalized spacial score (nSPS) is 15.9. The first-order chi connectivity index (χ1) is 12.1. The predicted octanol–water partition coefficient (Wildman–Crippen LogP) is 3.29. The molecule has 132 valence electrons. The number of carbonyl (C=O) groups excluding carboxylic acids is 2. The number of hydrogen-bond acceptors (Lipinski definition) is 2. The van der Waals surface area contributed by atoms with Gasteiger partial charge < -0.3 is 10.2 Å². The first-order valence-corrected chi connectivity index (χ1v) is 9.09. The van der Waals surface area contributed by atoms with Crippen molar-refractivity contribution in [2.45, 2.75) is 51.1 Å². The van der Waals surface area contributed by atoms with E-state index in [0.717, 1.165) is 29.2 Å². The second kappa shape index (κ2) is 7.68. The first-order valence-electron chi connectivity index (χ1n) is 9.09. The predicted molar refractivity (Wildman–Crippen MR) is 100 cm³/mol. The summed E-state index contributed by atoms with van der Waals surface area (Å²) in [5.74, 6) is -0.0916. The van der Waals surface area contributed by atoms with Gasteiger partial charge in [0.2, 0.25) is 11.8 Å². The van der Waals surface area contributed by atoms with Crippen molar-refractivity contribution in [2.75, 3.05) is 7.05 Å². The zero-order valence-electron chi connectivity index (χ0n) is 15.0. The van der Waals surface area contributed by atoms with Gasteiger partial charge in [-0.3, -0.25) is 9.59 Å². The molecule has 4 heteroatoms. The van der Waals surface area contributed by atoms with E-state index in [1.54, 1.807) is 18.9 Å². The summed E-state index contributed by atoms with van der Waals surface area (Å²) in [4.78, 5) is 26.7. The second-order valence-corrected chi connectivity index (χ2v) is 6.99. The molecule has 2 aromatic carbocycles. The first kappa shape index (κ1) is 17.5. The Morgan fingerprint density at radius 1 is 1.12 bits per heavy atom. The SMILES string of the molecule is CC(C(=O)NC1CCCC1)N(C)C(=O)Cc1cccc2ccccc12. The zero-order chi connectivity index (χ0) is 17.8. The molecule has 0 saturated heterocycles. The van der Waals surface area contributed by atoms with Crippen LogP contribution in [0.15, 0.2) is 42.5 Å². The maximum absolute atomic E-state index is 12.7. The van der Waals surface area contributed by atoms with Gasteiger partial charge in [0.1, 0.15) is 6.04 Å². The maximum atomic E-state index is 12.7. The molecule has 1 fully saturated rings. The monoisotopic (exact) mass is 338 g/mol. The number of nitrogens with one attached hydrogen (secondary N) is 1. The molecule has 25 heavy (non-hydrogen) atoms. The van der Waals surface area contributed by atoms with Crippen LogP contribution in [0.3, 0.4) is 0 Å². The fourth-order valence-corrected chi connectivity index (χ4v) is 3.52. The average Bonchev–Trinajstić information content (AvgIpc) is 3.13. The van der Waals surface area contributed by atoms with Gasteiger partial charge in [0.15, 0.2) is 0 Å². The van der Waals surface area contributed by atoms with E-state index in [-0.39, 0.29) is 17.9 Å². The molecule has 0 aliphatic heterocycles. The lowest BCUT2D eigenvalue weighted by Crippen LogP contribution is -2.48. The molecule has 1 aliphatic carbocycles. The lowest BCUT2D eigenvalue weighted by molar-refractivity contribution is -0.138. The highest BCUT2D eigenvalue weighted by Crippen LogP contribution is 2.20. The molecule has 0 heterocycles. The number of likely N-dealkylation sites (N-methyl/N-ethyl adjacent to an activating group) is 1. The van der Waals surface area contributed by atoms with E-state index in [0.29, 0.717) is 6.42 Å². The molecule has 1 unspecified atom stereocenters. The van der Waals surface area contributed by atoms with Crippen molar-refractivity contribution in [3.05, 3.63) is 48.0 Å². The highest BCUT2D eigenvalue weighted by molar-refractivity contribution is 5.92. The Bertz CT molecular complexity index is 760. The third-order valence-corrected chi connectivity index (χ3v) is 5.28. The lowest BCUT2D eigenvalue weighted by Gasteiger charge is -2.26. The molecule has 3 rings (SSSR count). The molecular formula is C21H26N2O2. The van der Waals surface area contributed by atoms with Crippen LogP contribution in [-0.4, -0.2) is 35.8 Å². The van der Waals surface area contributed by atoms with E-state index < -0.39 is 6.04 Å². The number of rotatable bonds is 5. The van der Waals surface area contributed by atoms with Gasteiger partial charge in [0.25, 0.3) is 0 Å². The van der Waals surface area contributed by atoms with Crippen LogP contribution < -0.4 is 5.32 Å². The van der Waals surface area contributed by atoms with Crippen LogP contribution in [0.5, 0.6) is 0 Å². The van der Waals surface area contributed by atoms with E-state index in [1.807, 2.05) is 42.5 Å². The van der Waals surface area contributed by atoms with Crippen LogP contribution in [0.4, 0.5) is 0 Å². The molecule has 0 spiro atoms. The standard InChI is InChI=1S/C21H26N2O2/c1-15(21(25)22-18-11-4-5-12-18)23(2)20(24)14-17-10-7-9-16-8-3-6-13-19(16)17/h3,6-10,13,15,18H,4-5,11-12,14H2,1-2H3,(H,22,25). The van der Waals surface area contributed by atoms with Crippen LogP contribution in [0.2, 0.25) is 0 Å². The molecule has 0 aromatic heterocycles. The molecule has 2 aromatic rings. The minimum absolute atomic E-state index is 0.0366. The van der Waals surface area contributed by atoms with Crippen molar-refractivity contribution in [1.29, 1.82) is 0 Å². The topological polar surface area (TPSA) is 49.4 Å². The fraction of sp³-hybridized carbons (Fsp3) is 0.429. The van der Waals surface area contributed by atoms with Gasteiger partial charge in [-0.15, -0.1) is 0 Å². The number of amides is 2. The van der Waals surface area contributed by atoms with Crippen molar-refractivity contribution in [1.82, 2.24) is 10.2 Å². The van der Waals surface area contributed by atoms with E-state index >= 15 is 0 Å². The zero-order valence-corrected chi connectivity index (χ0v) is 15.0. The van der Waals surface area contributed by atoms with E-state index in [1.165, 1.54) is 12.8 Å². The Balaban J connectivity index is 1.66. The molecule has 1 atom stereocenters. The molecule has 0 bridgehead atoms. The van der Waals surface area contributed by atoms with Gasteiger partial charge in [-0.25, -0.2) is 0 Å². The smallest absolute Gasteiger partial charge is 0.242 e. The Hall–Kier alpha value is -2.36. The summed E-state index contributed by atoms with van der Waals surface area (Å²) in [6, 6.07) is 13.9. The van der Waals surface area contributed by atoms with E-state index in [2.05, 4.69) is 5.32 Å². The van der Waals surface area contributed by atoms with E-state index in [4.69, 9.17) is 0 Å². The Kier molecular flexibility index (Phi) is 5.37. The van der Waals surface area contributed by atoms with Crippen molar-refractivity contribution < 1.29 is 9.59 Å². The third-order valence-electron chi connectivity index (χ3n) is 5.28. The van der Waals surface area contributed by atoms with Crippen molar-refractivity contribution >= 4 is 22.6 Å². The summed E-state index contributed by atoms with van der Waals surface area (Å²) in [6.45, 7) is 1.80. The molecule has 2 amide bonds. The van der Waals surface area contributed by atoms with Crippen LogP contribution in [0, 0.1) is 0 Å². The van der Waals surface area contributed by atoms with Crippen LogP contribution in [-0.2, 0) is 16.0 Å². The number of carbonyl (C=O) groups is 2. The average molecular weight is 338 g/mol. The van der Waals surface area contributed by atoms with Crippen LogP contribution in [0.1, 0.15) is 38.2 Å². The quantitative estimate of drug-likeness (QED) is 0.909. The minimum Gasteiger partial charge on any atom is -0.352 e. The molecular weight excluding hydrogens is 312 g/mol. The lowest BCUT2D eigenvalue weighted by atomic mass is 10.0. The number of fused-ring (bicyclic) bond motifs is 1. The number of hydrogen-bond donors (Lipinski definition) is 1. The van der Waals surface area contributed by atoms with Crippen molar-refractivity contribution in [3.8, 4) is 0 Å². The third kappa shape index (κ3) is 4.01. The Morgan fingerprint density at radius 3 is 2.56 bits per heavy atom. The van der Waals surface area contributed by atoms with Gasteiger partial charge in [0, 0.05) is 13.1 Å². The van der Waals surface area contributed by atoms with Crippen LogP contribution >= 0.6 is 0 Å². The Labute approximate surface area is 149 Å². The summed E-state index contributed by atoms with van der Waals surface area (Å²) >= 11 is 0. The van der Waals surface area contributed by atoms with Crippen molar-refractivity contribution in [2.24, 2.45) is 0 Å².